The van der Waals surface area contributed by atoms with Gasteiger partial charge in [0.05, 0.1) is 0 Å². The van der Waals surface area contributed by atoms with Crippen molar-refractivity contribution in [3.05, 3.63) is 0 Å². The van der Waals surface area contributed by atoms with Gasteiger partial charge < -0.3 is 10.6 Å². The Hall–Kier alpha value is -0.570. The number of carbonyl (C=O) groups is 1. The lowest BCUT2D eigenvalue weighted by atomic mass is 9.91. The third-order valence-corrected chi connectivity index (χ3v) is 4.09. The molecule has 0 aromatic carbocycles. The molecule has 1 heterocycles. The van der Waals surface area contributed by atoms with Gasteiger partial charge in [-0.2, -0.15) is 0 Å². The van der Waals surface area contributed by atoms with E-state index in [-0.39, 0.29) is 6.04 Å². The standard InChI is InChI=1S/C13H24N2O/c1-2-12(8-14)15-9-11(5-6-13(15)16)7-10-3-4-10/h10-12H,2-9,14H2,1H3. The van der Waals surface area contributed by atoms with E-state index in [2.05, 4.69) is 11.8 Å². The molecule has 1 aliphatic carbocycles. The van der Waals surface area contributed by atoms with E-state index in [0.717, 1.165) is 37.6 Å². The van der Waals surface area contributed by atoms with Crippen molar-refractivity contribution in [2.45, 2.75) is 51.5 Å². The van der Waals surface area contributed by atoms with E-state index in [1.54, 1.807) is 0 Å². The van der Waals surface area contributed by atoms with Gasteiger partial charge in [-0.25, -0.2) is 0 Å². The van der Waals surface area contributed by atoms with Crippen LogP contribution in [-0.4, -0.2) is 29.9 Å². The topological polar surface area (TPSA) is 46.3 Å². The van der Waals surface area contributed by atoms with E-state index in [1.165, 1.54) is 19.3 Å². The number of likely N-dealkylation sites (tertiary alicyclic amines) is 1. The second-order valence-electron chi connectivity index (χ2n) is 5.43. The zero-order valence-electron chi connectivity index (χ0n) is 10.3. The molecule has 1 aliphatic heterocycles. The largest absolute Gasteiger partial charge is 0.338 e. The molecule has 1 saturated heterocycles. The molecule has 0 aromatic heterocycles. The van der Waals surface area contributed by atoms with Crippen LogP contribution in [0.15, 0.2) is 0 Å². The number of piperidine rings is 1. The minimum Gasteiger partial charge on any atom is -0.338 e. The molecule has 2 atom stereocenters. The van der Waals surface area contributed by atoms with Gasteiger partial charge in [0.15, 0.2) is 0 Å². The summed E-state index contributed by atoms with van der Waals surface area (Å²) in [5.74, 6) is 2.04. The summed E-state index contributed by atoms with van der Waals surface area (Å²) >= 11 is 0. The third-order valence-electron chi connectivity index (χ3n) is 4.09. The molecule has 3 heteroatoms. The molecule has 2 unspecified atom stereocenters. The maximum Gasteiger partial charge on any atom is 0.222 e. The van der Waals surface area contributed by atoms with E-state index in [0.29, 0.717) is 12.5 Å². The molecular formula is C13H24N2O. The van der Waals surface area contributed by atoms with Gasteiger partial charge in [0, 0.05) is 25.6 Å². The summed E-state index contributed by atoms with van der Waals surface area (Å²) < 4.78 is 0. The molecule has 0 spiro atoms. The monoisotopic (exact) mass is 224 g/mol. The Morgan fingerprint density at radius 1 is 1.38 bits per heavy atom. The van der Waals surface area contributed by atoms with E-state index >= 15 is 0 Å². The predicted octanol–water partition coefficient (Wildman–Crippen LogP) is 1.76. The Morgan fingerprint density at radius 2 is 2.12 bits per heavy atom. The number of hydrogen-bond acceptors (Lipinski definition) is 2. The van der Waals surface area contributed by atoms with E-state index in [1.807, 2.05) is 0 Å². The number of rotatable bonds is 5. The number of nitrogens with zero attached hydrogens (tertiary/aromatic N) is 1. The lowest BCUT2D eigenvalue weighted by Crippen LogP contribution is -2.49. The quantitative estimate of drug-likeness (QED) is 0.773. The lowest BCUT2D eigenvalue weighted by Gasteiger charge is -2.37. The van der Waals surface area contributed by atoms with Crippen molar-refractivity contribution in [2.75, 3.05) is 13.1 Å². The average molecular weight is 224 g/mol. The molecule has 0 radical (unpaired) electrons. The van der Waals surface area contributed by atoms with Crippen molar-refractivity contribution in [3.8, 4) is 0 Å². The first-order valence-electron chi connectivity index (χ1n) is 6.74. The molecule has 2 aliphatic rings. The van der Waals surface area contributed by atoms with Crippen LogP contribution in [0.2, 0.25) is 0 Å². The van der Waals surface area contributed by atoms with Gasteiger partial charge in [-0.05, 0) is 31.1 Å². The highest BCUT2D eigenvalue weighted by Gasteiger charge is 2.33. The number of carbonyl (C=O) groups excluding carboxylic acids is 1. The second kappa shape index (κ2) is 5.17. The molecule has 92 valence electrons. The SMILES string of the molecule is CCC(CN)N1CC(CC2CC2)CCC1=O. The maximum absolute atomic E-state index is 11.9. The predicted molar refractivity (Wildman–Crippen MR) is 64.9 cm³/mol. The summed E-state index contributed by atoms with van der Waals surface area (Å²) in [6.45, 7) is 3.69. The molecule has 1 amide bonds. The zero-order valence-corrected chi connectivity index (χ0v) is 10.3. The number of amides is 1. The molecule has 3 nitrogen and oxygen atoms in total. The van der Waals surface area contributed by atoms with Crippen LogP contribution in [0.1, 0.15) is 45.4 Å². The van der Waals surface area contributed by atoms with Crippen molar-refractivity contribution in [1.82, 2.24) is 4.90 Å². The van der Waals surface area contributed by atoms with Gasteiger partial charge in [0.25, 0.3) is 0 Å². The first-order chi connectivity index (χ1) is 7.74. The Bertz CT molecular complexity index is 246. The normalized spacial score (nSPS) is 28.2. The maximum atomic E-state index is 11.9. The molecular weight excluding hydrogens is 200 g/mol. The van der Waals surface area contributed by atoms with Crippen LogP contribution in [0.5, 0.6) is 0 Å². The molecule has 2 rings (SSSR count). The van der Waals surface area contributed by atoms with Crippen LogP contribution in [0, 0.1) is 11.8 Å². The van der Waals surface area contributed by atoms with Gasteiger partial charge in [-0.15, -0.1) is 0 Å². The van der Waals surface area contributed by atoms with Crippen molar-refractivity contribution in [1.29, 1.82) is 0 Å². The zero-order chi connectivity index (χ0) is 11.5. The van der Waals surface area contributed by atoms with Crippen molar-refractivity contribution in [2.24, 2.45) is 17.6 Å². The minimum absolute atomic E-state index is 0.273. The average Bonchev–Trinajstić information content (AvgIpc) is 3.08. The molecule has 0 aromatic rings. The highest BCUT2D eigenvalue weighted by molar-refractivity contribution is 5.77. The molecule has 2 N–H and O–H groups in total. The van der Waals surface area contributed by atoms with E-state index in [9.17, 15) is 4.79 Å². The van der Waals surface area contributed by atoms with Gasteiger partial charge in [0.2, 0.25) is 5.91 Å². The summed E-state index contributed by atoms with van der Waals surface area (Å²) in [7, 11) is 0. The minimum atomic E-state index is 0.273. The van der Waals surface area contributed by atoms with Gasteiger partial charge in [0.1, 0.15) is 0 Å². The fourth-order valence-corrected chi connectivity index (χ4v) is 2.83. The Balaban J connectivity index is 1.90. The first-order valence-corrected chi connectivity index (χ1v) is 6.74. The lowest BCUT2D eigenvalue weighted by molar-refractivity contribution is -0.137. The fourth-order valence-electron chi connectivity index (χ4n) is 2.83. The second-order valence-corrected chi connectivity index (χ2v) is 5.43. The van der Waals surface area contributed by atoms with Crippen LogP contribution in [0.3, 0.4) is 0 Å². The Labute approximate surface area is 98.4 Å². The van der Waals surface area contributed by atoms with Crippen molar-refractivity contribution < 1.29 is 4.79 Å². The summed E-state index contributed by atoms with van der Waals surface area (Å²) in [5.41, 5.74) is 5.74. The van der Waals surface area contributed by atoms with Crippen molar-refractivity contribution >= 4 is 5.91 Å². The molecule has 16 heavy (non-hydrogen) atoms. The highest BCUT2D eigenvalue weighted by Crippen LogP contribution is 2.38. The Kier molecular flexibility index (Phi) is 3.85. The van der Waals surface area contributed by atoms with Gasteiger partial charge >= 0.3 is 0 Å². The van der Waals surface area contributed by atoms with Crippen LogP contribution >= 0.6 is 0 Å². The smallest absolute Gasteiger partial charge is 0.222 e. The molecule has 2 fully saturated rings. The first kappa shape index (κ1) is 11.9. The fraction of sp³-hybridized carbons (Fsp3) is 0.923. The highest BCUT2D eigenvalue weighted by atomic mass is 16.2. The van der Waals surface area contributed by atoms with Crippen molar-refractivity contribution in [3.63, 3.8) is 0 Å². The summed E-state index contributed by atoms with van der Waals surface area (Å²) in [6, 6.07) is 0.273. The van der Waals surface area contributed by atoms with Crippen LogP contribution in [0.25, 0.3) is 0 Å². The Morgan fingerprint density at radius 3 is 2.69 bits per heavy atom. The van der Waals surface area contributed by atoms with Gasteiger partial charge in [-0.1, -0.05) is 19.8 Å². The van der Waals surface area contributed by atoms with Crippen LogP contribution in [0.4, 0.5) is 0 Å². The third kappa shape index (κ3) is 2.76. The van der Waals surface area contributed by atoms with Crippen LogP contribution in [-0.2, 0) is 4.79 Å². The summed E-state index contributed by atoms with van der Waals surface area (Å²) in [4.78, 5) is 13.9. The van der Waals surface area contributed by atoms with E-state index < -0.39 is 0 Å². The summed E-state index contributed by atoms with van der Waals surface area (Å²) in [5, 5.41) is 0. The van der Waals surface area contributed by atoms with E-state index in [4.69, 9.17) is 5.73 Å². The number of nitrogens with two attached hydrogens (primary N) is 1. The molecule has 1 saturated carbocycles. The molecule has 0 bridgehead atoms. The number of hydrogen-bond donors (Lipinski definition) is 1. The summed E-state index contributed by atoms with van der Waals surface area (Å²) in [6.07, 6.45) is 7.00. The van der Waals surface area contributed by atoms with Crippen LogP contribution < -0.4 is 5.73 Å². The van der Waals surface area contributed by atoms with Gasteiger partial charge in [-0.3, -0.25) is 4.79 Å².